The summed E-state index contributed by atoms with van der Waals surface area (Å²) in [4.78, 5) is 73.1. The van der Waals surface area contributed by atoms with Gasteiger partial charge in [0.1, 0.15) is 29.5 Å². The van der Waals surface area contributed by atoms with Crippen LogP contribution in [0, 0.1) is 11.7 Å². The Morgan fingerprint density at radius 1 is 1.02 bits per heavy atom. The van der Waals surface area contributed by atoms with Gasteiger partial charge in [0.25, 0.3) is 5.91 Å². The highest BCUT2D eigenvalue weighted by Crippen LogP contribution is 2.46. The minimum atomic E-state index is -3.92. The first kappa shape index (κ1) is 36.1. The molecule has 4 heterocycles. The Labute approximate surface area is 301 Å². The molecule has 15 nitrogen and oxygen atoms in total. The van der Waals surface area contributed by atoms with Crippen LogP contribution in [0.3, 0.4) is 0 Å². The third kappa shape index (κ3) is 7.61. The maximum absolute atomic E-state index is 14.4. The van der Waals surface area contributed by atoms with Gasteiger partial charge in [-0.2, -0.15) is 0 Å². The maximum atomic E-state index is 14.4. The standard InChI is InChI=1S/C35H45FN6O9S/c36-27-9-6-7-22-19-41(21-26(22)27)34(47)51-24-17-29-30(43)38-35(32(45)39-52(48,49)25-11-12-25)18-23(35)8-4-2-1-3-5-10-28(31(44)42(29)20-24)37-33(46)40-13-15-50-16-14-40/h4,6-9,23-25,28-29H,1-3,5,10-21H2,(H,37,46)(H,38,43)(H,39,45)/b8-4-/t23-,24-,28+,29+,35-/m1/s1. The number of rotatable bonds is 5. The zero-order valence-electron chi connectivity index (χ0n) is 28.9. The summed E-state index contributed by atoms with van der Waals surface area (Å²) in [6.45, 7) is 1.43. The number of halogens is 1. The minimum Gasteiger partial charge on any atom is -0.444 e. The second-order valence-electron chi connectivity index (χ2n) is 14.6. The van der Waals surface area contributed by atoms with Crippen molar-refractivity contribution in [3.8, 4) is 0 Å². The van der Waals surface area contributed by atoms with Crippen molar-refractivity contribution in [3.63, 3.8) is 0 Å². The predicted molar refractivity (Wildman–Crippen MR) is 182 cm³/mol. The Morgan fingerprint density at radius 2 is 1.81 bits per heavy atom. The van der Waals surface area contributed by atoms with Crippen molar-refractivity contribution >= 4 is 39.9 Å². The van der Waals surface area contributed by atoms with Gasteiger partial charge in [-0.1, -0.05) is 37.1 Å². The van der Waals surface area contributed by atoms with Crippen LogP contribution in [0.25, 0.3) is 0 Å². The van der Waals surface area contributed by atoms with E-state index in [2.05, 4.69) is 15.4 Å². The number of nitrogens with zero attached hydrogens (tertiary/aromatic N) is 3. The molecule has 0 radical (unpaired) electrons. The van der Waals surface area contributed by atoms with E-state index in [0.717, 1.165) is 12.8 Å². The van der Waals surface area contributed by atoms with Crippen molar-refractivity contribution in [1.82, 2.24) is 30.1 Å². The molecule has 0 unspecified atom stereocenters. The third-order valence-electron chi connectivity index (χ3n) is 10.9. The van der Waals surface area contributed by atoms with Crippen LogP contribution < -0.4 is 15.4 Å². The second kappa shape index (κ2) is 14.6. The lowest BCUT2D eigenvalue weighted by atomic mass is 10.0. The number of benzene rings is 1. The lowest BCUT2D eigenvalue weighted by molar-refractivity contribution is -0.141. The molecule has 5 atom stereocenters. The maximum Gasteiger partial charge on any atom is 0.410 e. The highest BCUT2D eigenvalue weighted by atomic mass is 32.2. The van der Waals surface area contributed by atoms with Crippen LogP contribution in [0.2, 0.25) is 0 Å². The molecule has 2 saturated heterocycles. The molecular formula is C35H45FN6O9S. The smallest absolute Gasteiger partial charge is 0.410 e. The van der Waals surface area contributed by atoms with Gasteiger partial charge in [-0.05, 0) is 50.2 Å². The summed E-state index contributed by atoms with van der Waals surface area (Å²) in [5, 5.41) is 5.02. The zero-order valence-corrected chi connectivity index (χ0v) is 29.7. The van der Waals surface area contributed by atoms with Crippen molar-refractivity contribution in [3.05, 3.63) is 47.3 Å². The van der Waals surface area contributed by atoms with Crippen molar-refractivity contribution < 1.29 is 46.3 Å². The highest BCUT2D eigenvalue weighted by Gasteiger charge is 2.62. The summed E-state index contributed by atoms with van der Waals surface area (Å²) in [5.41, 5.74) is -0.494. The Balaban J connectivity index is 1.13. The van der Waals surface area contributed by atoms with Gasteiger partial charge in [0.05, 0.1) is 31.6 Å². The first-order valence-corrected chi connectivity index (χ1v) is 19.7. The number of fused-ring (bicyclic) bond motifs is 3. The molecular weight excluding hydrogens is 699 g/mol. The summed E-state index contributed by atoms with van der Waals surface area (Å²) >= 11 is 0. The van der Waals surface area contributed by atoms with Gasteiger partial charge in [-0.25, -0.2) is 22.4 Å². The van der Waals surface area contributed by atoms with E-state index in [1.165, 1.54) is 15.9 Å². The van der Waals surface area contributed by atoms with Crippen molar-refractivity contribution in [2.24, 2.45) is 5.92 Å². The molecule has 3 N–H and O–H groups in total. The number of ether oxygens (including phenoxy) is 2. The zero-order chi connectivity index (χ0) is 36.6. The lowest BCUT2D eigenvalue weighted by Gasteiger charge is -2.32. The molecule has 6 amide bonds. The number of allylic oxidation sites excluding steroid dienone is 1. The van der Waals surface area contributed by atoms with Crippen molar-refractivity contribution in [2.45, 2.75) is 99.9 Å². The van der Waals surface area contributed by atoms with E-state index in [-0.39, 0.29) is 32.5 Å². The molecule has 4 aliphatic heterocycles. The van der Waals surface area contributed by atoms with Crippen molar-refractivity contribution in [1.29, 1.82) is 0 Å². The highest BCUT2D eigenvalue weighted by molar-refractivity contribution is 7.91. The number of urea groups is 1. The number of sulfonamides is 1. The molecule has 0 bridgehead atoms. The number of carbonyl (C=O) groups is 5. The van der Waals surface area contributed by atoms with E-state index >= 15 is 0 Å². The molecule has 1 aromatic rings. The van der Waals surface area contributed by atoms with Crippen LogP contribution in [0.5, 0.6) is 0 Å². The quantitative estimate of drug-likeness (QED) is 0.378. The minimum absolute atomic E-state index is 0.00602. The summed E-state index contributed by atoms with van der Waals surface area (Å²) in [6, 6.07) is 1.99. The number of morpholine rings is 1. The fourth-order valence-electron chi connectivity index (χ4n) is 7.58. The number of amides is 6. The molecule has 282 valence electrons. The Bertz CT molecular complexity index is 1750. The Kier molecular flexibility index (Phi) is 10.2. The van der Waals surface area contributed by atoms with E-state index in [4.69, 9.17) is 9.47 Å². The molecule has 2 aliphatic carbocycles. The first-order valence-electron chi connectivity index (χ1n) is 18.2. The first-order chi connectivity index (χ1) is 24.9. The Morgan fingerprint density at radius 3 is 2.56 bits per heavy atom. The second-order valence-corrected chi connectivity index (χ2v) is 16.6. The average molecular weight is 745 g/mol. The topological polar surface area (TPSA) is 184 Å². The van der Waals surface area contributed by atoms with Crippen LogP contribution in [0.1, 0.15) is 68.9 Å². The molecule has 17 heteroatoms. The lowest BCUT2D eigenvalue weighted by Crippen LogP contribution is -2.59. The van der Waals surface area contributed by atoms with Crippen LogP contribution in [0.15, 0.2) is 30.4 Å². The summed E-state index contributed by atoms with van der Waals surface area (Å²) in [5.74, 6) is -2.96. The van der Waals surface area contributed by atoms with Gasteiger partial charge < -0.3 is 29.9 Å². The van der Waals surface area contributed by atoms with Gasteiger partial charge in [0.15, 0.2) is 0 Å². The average Bonchev–Trinajstić information content (AvgIpc) is 4.01. The third-order valence-corrected chi connectivity index (χ3v) is 12.7. The fourth-order valence-corrected chi connectivity index (χ4v) is 8.95. The Hall–Kier alpha value is -4.25. The summed E-state index contributed by atoms with van der Waals surface area (Å²) in [7, 11) is -3.92. The normalized spacial score (nSPS) is 30.1. The van der Waals surface area contributed by atoms with Gasteiger partial charge in [-0.3, -0.25) is 24.0 Å². The van der Waals surface area contributed by atoms with E-state index in [0.29, 0.717) is 69.5 Å². The number of hydrogen-bond acceptors (Lipinski definition) is 9. The van der Waals surface area contributed by atoms with Crippen LogP contribution in [-0.2, 0) is 47.0 Å². The summed E-state index contributed by atoms with van der Waals surface area (Å²) < 4.78 is 53.3. The fraction of sp³-hybridized carbons (Fsp3) is 0.629. The molecule has 0 aromatic heterocycles. The molecule has 4 fully saturated rings. The summed E-state index contributed by atoms with van der Waals surface area (Å²) in [6.07, 6.45) is 6.15. The monoisotopic (exact) mass is 744 g/mol. The van der Waals surface area contributed by atoms with Crippen molar-refractivity contribution in [2.75, 3.05) is 32.8 Å². The number of hydrogen-bond donors (Lipinski definition) is 3. The van der Waals surface area contributed by atoms with Crippen LogP contribution in [0.4, 0.5) is 14.0 Å². The number of nitrogens with one attached hydrogen (secondary N) is 3. The van der Waals surface area contributed by atoms with Gasteiger partial charge in [0, 0.05) is 37.5 Å². The largest absolute Gasteiger partial charge is 0.444 e. The SMILES string of the molecule is O=C1N[C@]2(C(=O)NS(=O)(=O)C3CC3)C[C@H]2/C=C\CCCCC[C@H](NC(=O)N2CCOCC2)C(=O)N2C[C@H](OC(=O)N3Cc4cccc(F)c4C3)C[C@@H]12. The van der Waals surface area contributed by atoms with Crippen LogP contribution in [-0.4, -0.2) is 115 Å². The van der Waals surface area contributed by atoms with E-state index in [9.17, 15) is 36.8 Å². The van der Waals surface area contributed by atoms with E-state index in [1.807, 2.05) is 12.2 Å². The van der Waals surface area contributed by atoms with Gasteiger partial charge in [0.2, 0.25) is 21.8 Å². The van der Waals surface area contributed by atoms with E-state index in [1.54, 1.807) is 17.0 Å². The van der Waals surface area contributed by atoms with Crippen LogP contribution >= 0.6 is 0 Å². The molecule has 6 aliphatic rings. The van der Waals surface area contributed by atoms with Gasteiger partial charge in [-0.15, -0.1) is 0 Å². The molecule has 0 spiro atoms. The van der Waals surface area contributed by atoms with E-state index < -0.39 is 80.6 Å². The molecule has 2 saturated carbocycles. The van der Waals surface area contributed by atoms with Gasteiger partial charge >= 0.3 is 12.1 Å². The number of carbonyl (C=O) groups excluding carboxylic acids is 5. The molecule has 7 rings (SSSR count). The molecule has 52 heavy (non-hydrogen) atoms. The molecule has 1 aromatic carbocycles. The predicted octanol–water partition coefficient (Wildman–Crippen LogP) is 1.66.